The number of aromatic nitrogens is 4. The Morgan fingerprint density at radius 1 is 1.00 bits per heavy atom. The van der Waals surface area contributed by atoms with E-state index in [1.807, 2.05) is 12.1 Å². The molecule has 0 aliphatic heterocycles. The fourth-order valence-electron chi connectivity index (χ4n) is 3.52. The van der Waals surface area contributed by atoms with E-state index >= 15 is 0 Å². The van der Waals surface area contributed by atoms with Crippen LogP contribution in [0.25, 0.3) is 22.2 Å². The second kappa shape index (κ2) is 11.0. The van der Waals surface area contributed by atoms with E-state index in [0.29, 0.717) is 29.9 Å². The number of hydrogen-bond donors (Lipinski definition) is 3. The first-order valence-electron chi connectivity index (χ1n) is 11.3. The van der Waals surface area contributed by atoms with Crippen molar-refractivity contribution in [3.8, 4) is 11.4 Å². The normalized spacial score (nSPS) is 11.5. The third-order valence-electron chi connectivity index (χ3n) is 5.42. The van der Waals surface area contributed by atoms with Crippen molar-refractivity contribution in [3.05, 3.63) is 70.3 Å². The molecule has 0 saturated heterocycles. The van der Waals surface area contributed by atoms with Crippen LogP contribution < -0.4 is 16.2 Å². The number of benzene rings is 2. The zero-order valence-electron chi connectivity index (χ0n) is 19.1. The molecule has 36 heavy (non-hydrogen) atoms. The van der Waals surface area contributed by atoms with Crippen LogP contribution in [0.4, 0.5) is 19.0 Å². The van der Waals surface area contributed by atoms with Gasteiger partial charge in [0.25, 0.3) is 5.56 Å². The maximum absolute atomic E-state index is 12.7. The average Bonchev–Trinajstić information content (AvgIpc) is 3.35. The van der Waals surface area contributed by atoms with E-state index in [4.69, 9.17) is 4.52 Å². The van der Waals surface area contributed by atoms with E-state index in [1.54, 1.807) is 12.1 Å². The fourth-order valence-corrected chi connectivity index (χ4v) is 3.52. The number of unbranched alkanes of at least 4 members (excludes halogenated alkanes) is 1. The Bertz CT molecular complexity index is 1380. The molecule has 3 N–H and O–H groups in total. The number of rotatable bonds is 10. The number of carbonyl (C=O) groups excluding carboxylic acids is 1. The van der Waals surface area contributed by atoms with Crippen LogP contribution in [0.5, 0.6) is 0 Å². The van der Waals surface area contributed by atoms with Gasteiger partial charge in [-0.25, -0.2) is 5.10 Å². The smallest absolute Gasteiger partial charge is 0.368 e. The lowest BCUT2D eigenvalue weighted by molar-refractivity contribution is -0.137. The summed E-state index contributed by atoms with van der Waals surface area (Å²) in [5, 5.41) is 17.6. The van der Waals surface area contributed by atoms with Gasteiger partial charge < -0.3 is 15.2 Å². The molecule has 0 fully saturated rings. The maximum atomic E-state index is 12.7. The number of fused-ring (bicyclic) bond motifs is 1. The number of aromatic amines is 1. The number of carbonyl (C=O) groups is 1. The number of nitrogens with zero attached hydrogens (tertiary/aromatic N) is 3. The van der Waals surface area contributed by atoms with E-state index in [0.717, 1.165) is 30.4 Å². The van der Waals surface area contributed by atoms with Crippen molar-refractivity contribution in [2.24, 2.45) is 0 Å². The van der Waals surface area contributed by atoms with Crippen LogP contribution in [-0.2, 0) is 17.4 Å². The van der Waals surface area contributed by atoms with Gasteiger partial charge in [-0.1, -0.05) is 35.5 Å². The molecule has 188 valence electrons. The Balaban J connectivity index is 1.15. The van der Waals surface area contributed by atoms with Gasteiger partial charge in [-0.05, 0) is 31.0 Å². The van der Waals surface area contributed by atoms with Crippen molar-refractivity contribution in [2.45, 2.75) is 31.9 Å². The number of aryl methyl sites for hydroxylation is 1. The molecule has 0 atom stereocenters. The zero-order chi connectivity index (χ0) is 25.5. The lowest BCUT2D eigenvalue weighted by Crippen LogP contribution is -2.25. The quantitative estimate of drug-likeness (QED) is 0.282. The Kier molecular flexibility index (Phi) is 7.62. The number of anilines is 1. The molecule has 12 heteroatoms. The van der Waals surface area contributed by atoms with Crippen molar-refractivity contribution >= 4 is 22.5 Å². The minimum Gasteiger partial charge on any atom is -0.368 e. The minimum atomic E-state index is -4.42. The summed E-state index contributed by atoms with van der Waals surface area (Å²) >= 11 is 0. The summed E-state index contributed by atoms with van der Waals surface area (Å²) in [6, 6.07) is 11.6. The van der Waals surface area contributed by atoms with E-state index < -0.39 is 11.7 Å². The van der Waals surface area contributed by atoms with Crippen molar-refractivity contribution in [1.82, 2.24) is 25.7 Å². The monoisotopic (exact) mass is 500 g/mol. The molecular formula is C24H23F3N6O3. The molecule has 0 aliphatic rings. The second-order valence-corrected chi connectivity index (χ2v) is 8.02. The van der Waals surface area contributed by atoms with Gasteiger partial charge in [0.15, 0.2) is 5.82 Å². The molecule has 0 spiro atoms. The average molecular weight is 500 g/mol. The number of amides is 1. The highest BCUT2D eigenvalue weighted by Gasteiger charge is 2.30. The van der Waals surface area contributed by atoms with Crippen LogP contribution in [0.1, 0.15) is 30.7 Å². The summed E-state index contributed by atoms with van der Waals surface area (Å²) in [5.74, 6) is 0.816. The molecule has 2 heterocycles. The number of H-pyrrole nitrogens is 1. The first-order valence-corrected chi connectivity index (χ1v) is 11.3. The lowest BCUT2D eigenvalue weighted by atomic mass is 10.1. The highest BCUT2D eigenvalue weighted by atomic mass is 19.4. The number of alkyl halides is 3. The maximum Gasteiger partial charge on any atom is 0.416 e. The van der Waals surface area contributed by atoms with Gasteiger partial charge in [0.2, 0.25) is 17.6 Å². The zero-order valence-corrected chi connectivity index (χ0v) is 19.1. The largest absolute Gasteiger partial charge is 0.416 e. The Morgan fingerprint density at radius 2 is 1.72 bits per heavy atom. The highest BCUT2D eigenvalue weighted by molar-refractivity contribution is 5.90. The molecule has 0 bridgehead atoms. The van der Waals surface area contributed by atoms with Crippen molar-refractivity contribution in [2.75, 3.05) is 18.4 Å². The molecule has 1 amide bonds. The van der Waals surface area contributed by atoms with Crippen LogP contribution in [-0.4, -0.2) is 39.3 Å². The van der Waals surface area contributed by atoms with Crippen LogP contribution in [0, 0.1) is 0 Å². The molecule has 9 nitrogen and oxygen atoms in total. The Labute approximate surface area is 203 Å². The number of nitrogens with one attached hydrogen (secondary N) is 3. The summed E-state index contributed by atoms with van der Waals surface area (Å²) in [6.45, 7) is 1.11. The summed E-state index contributed by atoms with van der Waals surface area (Å²) < 4.78 is 43.2. The van der Waals surface area contributed by atoms with Crippen molar-refractivity contribution in [3.63, 3.8) is 0 Å². The molecule has 0 saturated carbocycles. The van der Waals surface area contributed by atoms with Crippen LogP contribution >= 0.6 is 0 Å². The molecule has 0 aliphatic carbocycles. The molecular weight excluding hydrogens is 477 g/mol. The molecule has 2 aromatic carbocycles. The summed E-state index contributed by atoms with van der Waals surface area (Å²) in [5.41, 5.74) is -0.611. The predicted molar refractivity (Wildman–Crippen MR) is 126 cm³/mol. The van der Waals surface area contributed by atoms with E-state index in [2.05, 4.69) is 31.0 Å². The number of hydrogen-bond acceptors (Lipinski definition) is 7. The standard InChI is InChI=1S/C24H23F3N6O3/c25-24(26,27)16-9-7-15(8-10-16)21-30-20(36-33-21)12-11-19(34)28-13-3-4-14-29-22-17-5-1-2-6-18(17)23(35)32-31-22/h1-2,5-10H,3-4,11-14H2,(H,28,34)(H,29,31)(H,32,35). The highest BCUT2D eigenvalue weighted by Crippen LogP contribution is 2.30. The molecule has 4 rings (SSSR count). The first kappa shape index (κ1) is 24.9. The summed E-state index contributed by atoms with van der Waals surface area (Å²) in [4.78, 5) is 28.1. The van der Waals surface area contributed by atoms with Crippen LogP contribution in [0.3, 0.4) is 0 Å². The molecule has 0 unspecified atom stereocenters. The van der Waals surface area contributed by atoms with Gasteiger partial charge in [0.05, 0.1) is 10.9 Å². The third-order valence-corrected chi connectivity index (χ3v) is 5.42. The van der Waals surface area contributed by atoms with Gasteiger partial charge >= 0.3 is 6.18 Å². The predicted octanol–water partition coefficient (Wildman–Crippen LogP) is 3.93. The van der Waals surface area contributed by atoms with Gasteiger partial charge in [-0.15, -0.1) is 0 Å². The van der Waals surface area contributed by atoms with E-state index in [-0.39, 0.29) is 36.0 Å². The van der Waals surface area contributed by atoms with Crippen LogP contribution in [0.2, 0.25) is 0 Å². The molecule has 2 aromatic heterocycles. The van der Waals surface area contributed by atoms with Gasteiger partial charge in [0.1, 0.15) is 0 Å². The molecule has 4 aromatic rings. The van der Waals surface area contributed by atoms with Gasteiger partial charge in [0, 0.05) is 36.9 Å². The molecule has 0 radical (unpaired) electrons. The van der Waals surface area contributed by atoms with Gasteiger partial charge in [-0.3, -0.25) is 9.59 Å². The Morgan fingerprint density at radius 3 is 2.47 bits per heavy atom. The van der Waals surface area contributed by atoms with Crippen LogP contribution in [0.15, 0.2) is 57.8 Å². The lowest BCUT2D eigenvalue weighted by Gasteiger charge is -2.08. The first-order chi connectivity index (χ1) is 17.3. The Hall–Kier alpha value is -4.22. The van der Waals surface area contributed by atoms with E-state index in [1.165, 1.54) is 12.1 Å². The summed E-state index contributed by atoms with van der Waals surface area (Å²) in [7, 11) is 0. The minimum absolute atomic E-state index is 0.139. The van der Waals surface area contributed by atoms with E-state index in [9.17, 15) is 22.8 Å². The van der Waals surface area contributed by atoms with Crippen molar-refractivity contribution in [1.29, 1.82) is 0 Å². The second-order valence-electron chi connectivity index (χ2n) is 8.02. The third kappa shape index (κ3) is 6.26. The SMILES string of the molecule is O=C(CCc1nc(-c2ccc(C(F)(F)F)cc2)no1)NCCCCNc1n[nH]c(=O)c2ccccc12. The number of halogens is 3. The topological polar surface area (TPSA) is 126 Å². The summed E-state index contributed by atoms with van der Waals surface area (Å²) in [6.07, 6.45) is -2.55. The van der Waals surface area contributed by atoms with Gasteiger partial charge in [-0.2, -0.15) is 23.3 Å². The van der Waals surface area contributed by atoms with Crippen molar-refractivity contribution < 1.29 is 22.5 Å². The fraction of sp³-hybridized carbons (Fsp3) is 0.292.